The Kier molecular flexibility index (Phi) is 10.9. The smallest absolute Gasteiger partial charge is 0.253 e. The molecule has 3 heterocycles. The Morgan fingerprint density at radius 1 is 1.36 bits per heavy atom. The van der Waals surface area contributed by atoms with Gasteiger partial charge in [-0.25, -0.2) is 13.8 Å². The number of aliphatic hydroxyl groups is 1. The summed E-state index contributed by atoms with van der Waals surface area (Å²) in [6, 6.07) is 0. The van der Waals surface area contributed by atoms with Crippen LogP contribution in [0.1, 0.15) is 78.6 Å². The molecule has 10 heteroatoms. The molecule has 0 aromatic carbocycles. The van der Waals surface area contributed by atoms with E-state index < -0.39 is 23.5 Å². The molecule has 2 N–H and O–H groups in total. The van der Waals surface area contributed by atoms with Crippen molar-refractivity contribution in [2.75, 3.05) is 39.4 Å². The number of nitrogens with zero attached hydrogens (tertiary/aromatic N) is 3. The van der Waals surface area contributed by atoms with Crippen LogP contribution in [-0.2, 0) is 9.53 Å². The van der Waals surface area contributed by atoms with Gasteiger partial charge in [0, 0.05) is 60.9 Å². The maximum absolute atomic E-state index is 14.3. The summed E-state index contributed by atoms with van der Waals surface area (Å²) in [7, 11) is 0. The van der Waals surface area contributed by atoms with Crippen LogP contribution in [-0.4, -0.2) is 71.9 Å². The molecule has 44 heavy (non-hydrogen) atoms. The van der Waals surface area contributed by atoms with Crippen molar-refractivity contribution in [3.05, 3.63) is 64.6 Å². The summed E-state index contributed by atoms with van der Waals surface area (Å²) in [5.74, 6) is -2.81. The zero-order valence-electron chi connectivity index (χ0n) is 26.8. The van der Waals surface area contributed by atoms with E-state index in [-0.39, 0.29) is 23.9 Å². The number of likely N-dealkylation sites (tertiary alicyclic amines) is 1. The second-order valence-electron chi connectivity index (χ2n) is 13.0. The SMILES string of the molecule is CC1=C=C(C(C)=CCC(F)(F)C(C)C)C=C(c2nc(C(O)N=C(CNCC3CCOC3)CN3CCC(C)(C)C3=O)co2)C=C1. The van der Waals surface area contributed by atoms with E-state index in [0.717, 1.165) is 38.2 Å². The summed E-state index contributed by atoms with van der Waals surface area (Å²) in [6.07, 6.45) is 8.47. The third-order valence-electron chi connectivity index (χ3n) is 8.47. The number of carbonyl (C=O) groups is 1. The third kappa shape index (κ3) is 8.72. The molecule has 2 unspecified atom stereocenters. The lowest BCUT2D eigenvalue weighted by molar-refractivity contribution is -0.133. The van der Waals surface area contributed by atoms with E-state index in [1.165, 1.54) is 26.2 Å². The fraction of sp³-hybridized carbons (Fsp3) is 0.588. The van der Waals surface area contributed by atoms with E-state index in [9.17, 15) is 18.7 Å². The Morgan fingerprint density at radius 3 is 2.80 bits per heavy atom. The summed E-state index contributed by atoms with van der Waals surface area (Å²) < 4.78 is 39.7. The number of nitrogens with one attached hydrogen (secondary N) is 1. The molecule has 2 atom stereocenters. The van der Waals surface area contributed by atoms with E-state index in [0.29, 0.717) is 48.0 Å². The van der Waals surface area contributed by atoms with E-state index >= 15 is 0 Å². The van der Waals surface area contributed by atoms with Crippen molar-refractivity contribution >= 4 is 17.2 Å². The van der Waals surface area contributed by atoms with Crippen LogP contribution in [0, 0.1) is 17.3 Å². The predicted octanol–water partition coefficient (Wildman–Crippen LogP) is 6.04. The molecular formula is C34H46F2N4O4. The minimum Gasteiger partial charge on any atom is -0.444 e. The van der Waals surface area contributed by atoms with Gasteiger partial charge in [0.15, 0.2) is 6.23 Å². The minimum atomic E-state index is -2.80. The number of rotatable bonds is 13. The summed E-state index contributed by atoms with van der Waals surface area (Å²) >= 11 is 0. The normalized spacial score (nSPS) is 22.0. The molecule has 2 saturated heterocycles. The van der Waals surface area contributed by atoms with Crippen molar-refractivity contribution in [2.45, 2.75) is 73.0 Å². The average molecular weight is 613 g/mol. The number of hydrogen-bond donors (Lipinski definition) is 2. The Morgan fingerprint density at radius 2 is 2.14 bits per heavy atom. The highest BCUT2D eigenvalue weighted by Crippen LogP contribution is 2.32. The van der Waals surface area contributed by atoms with Crippen molar-refractivity contribution in [1.29, 1.82) is 0 Å². The fourth-order valence-electron chi connectivity index (χ4n) is 5.19. The van der Waals surface area contributed by atoms with Crippen molar-refractivity contribution in [2.24, 2.45) is 22.2 Å². The summed E-state index contributed by atoms with van der Waals surface area (Å²) in [4.78, 5) is 23.8. The largest absolute Gasteiger partial charge is 0.444 e. The van der Waals surface area contributed by atoms with Gasteiger partial charge < -0.3 is 24.5 Å². The lowest BCUT2D eigenvalue weighted by atomic mass is 9.92. The van der Waals surface area contributed by atoms with Crippen LogP contribution in [0.3, 0.4) is 0 Å². The molecule has 1 aromatic rings. The van der Waals surface area contributed by atoms with Crippen LogP contribution in [0.4, 0.5) is 8.78 Å². The zero-order chi connectivity index (χ0) is 32.1. The van der Waals surface area contributed by atoms with Gasteiger partial charge in [-0.15, -0.1) is 5.73 Å². The van der Waals surface area contributed by atoms with Crippen LogP contribution in [0.5, 0.6) is 0 Å². The second-order valence-corrected chi connectivity index (χ2v) is 13.0. The van der Waals surface area contributed by atoms with Gasteiger partial charge in [-0.2, -0.15) is 0 Å². The van der Waals surface area contributed by atoms with E-state index in [4.69, 9.17) is 9.15 Å². The van der Waals surface area contributed by atoms with E-state index in [1.54, 1.807) is 17.9 Å². The maximum Gasteiger partial charge on any atom is 0.253 e. The molecule has 1 aliphatic carbocycles. The Labute approximate surface area is 259 Å². The predicted molar refractivity (Wildman–Crippen MR) is 167 cm³/mol. The van der Waals surface area contributed by atoms with Crippen molar-refractivity contribution in [3.63, 3.8) is 0 Å². The van der Waals surface area contributed by atoms with Gasteiger partial charge in [-0.3, -0.25) is 9.79 Å². The first kappa shape index (κ1) is 33.7. The minimum absolute atomic E-state index is 0.0738. The Hall–Kier alpha value is -3.17. The monoisotopic (exact) mass is 612 g/mol. The van der Waals surface area contributed by atoms with Crippen LogP contribution >= 0.6 is 0 Å². The summed E-state index contributed by atoms with van der Waals surface area (Å²) in [5, 5.41) is 14.5. The molecule has 8 nitrogen and oxygen atoms in total. The molecule has 0 radical (unpaired) electrons. The highest BCUT2D eigenvalue weighted by atomic mass is 19.3. The number of halogens is 2. The molecule has 0 bridgehead atoms. The molecular weight excluding hydrogens is 566 g/mol. The maximum atomic E-state index is 14.3. The molecule has 1 aromatic heterocycles. The van der Waals surface area contributed by atoms with Gasteiger partial charge in [-0.1, -0.05) is 39.8 Å². The molecule has 2 fully saturated rings. The number of alkyl halides is 2. The highest BCUT2D eigenvalue weighted by Gasteiger charge is 2.39. The van der Waals surface area contributed by atoms with Gasteiger partial charge in [0.2, 0.25) is 11.8 Å². The number of aromatic nitrogens is 1. The highest BCUT2D eigenvalue weighted by molar-refractivity contribution is 5.93. The van der Waals surface area contributed by atoms with E-state index in [1.807, 2.05) is 32.9 Å². The first-order valence-corrected chi connectivity index (χ1v) is 15.4. The van der Waals surface area contributed by atoms with Crippen LogP contribution in [0.15, 0.2) is 62.4 Å². The van der Waals surface area contributed by atoms with Gasteiger partial charge in [0.1, 0.15) is 12.0 Å². The standard InChI is InChI=1S/C34H46F2N4O4/c1-22(2)34(35,36)11-9-24(4)27-15-23(3)7-8-26(16-27)31-39-29(21-44-31)30(41)38-28(18-37-17-25-10-14-43-20-25)19-40-13-12-33(5,6)32(40)42/h7-9,16,21-22,25,30,37,41H,10-14,17-20H2,1-6H3. The number of aliphatic hydroxyl groups excluding tert-OH is 1. The molecule has 4 rings (SSSR count). The lowest BCUT2D eigenvalue weighted by Crippen LogP contribution is -2.39. The topological polar surface area (TPSA) is 100 Å². The number of carbonyl (C=O) groups excluding carboxylic acids is 1. The van der Waals surface area contributed by atoms with Gasteiger partial charge in [0.05, 0.1) is 13.2 Å². The van der Waals surface area contributed by atoms with Gasteiger partial charge in [0.25, 0.3) is 5.92 Å². The second kappa shape index (κ2) is 14.3. The first-order valence-electron chi connectivity index (χ1n) is 15.4. The van der Waals surface area contributed by atoms with Crippen molar-refractivity contribution in [1.82, 2.24) is 15.2 Å². The third-order valence-corrected chi connectivity index (χ3v) is 8.47. The number of aliphatic imine (C=N–C) groups is 1. The zero-order valence-corrected chi connectivity index (χ0v) is 26.8. The van der Waals surface area contributed by atoms with Crippen molar-refractivity contribution in [3.8, 4) is 0 Å². The van der Waals surface area contributed by atoms with Crippen molar-refractivity contribution < 1.29 is 27.8 Å². The number of hydrogen-bond acceptors (Lipinski definition) is 7. The van der Waals surface area contributed by atoms with Crippen LogP contribution < -0.4 is 5.32 Å². The van der Waals surface area contributed by atoms with Gasteiger partial charge in [-0.05, 0) is 55.9 Å². The first-order chi connectivity index (χ1) is 20.7. The molecule has 0 spiro atoms. The average Bonchev–Trinajstić information content (AvgIpc) is 3.69. The molecule has 1 amide bonds. The van der Waals surface area contributed by atoms with E-state index in [2.05, 4.69) is 21.0 Å². The van der Waals surface area contributed by atoms with Gasteiger partial charge >= 0.3 is 0 Å². The Bertz CT molecular complexity index is 1390. The lowest BCUT2D eigenvalue weighted by Gasteiger charge is -2.21. The number of ether oxygens (including phenoxy) is 1. The fourth-order valence-corrected chi connectivity index (χ4v) is 5.19. The Balaban J connectivity index is 1.51. The summed E-state index contributed by atoms with van der Waals surface area (Å²) in [6.45, 7) is 14.2. The van der Waals surface area contributed by atoms with Crippen LogP contribution in [0.2, 0.25) is 0 Å². The quantitative estimate of drug-likeness (QED) is 0.208. The molecule has 0 saturated carbocycles. The molecule has 240 valence electrons. The molecule has 3 aliphatic rings. The molecule has 2 aliphatic heterocycles. The number of amides is 1. The van der Waals surface area contributed by atoms with Crippen LogP contribution in [0.25, 0.3) is 5.57 Å². The number of allylic oxidation sites excluding steroid dienone is 7. The summed E-state index contributed by atoms with van der Waals surface area (Å²) in [5.41, 5.74) is 6.47. The number of oxazole rings is 1.